The minimum atomic E-state index is -0.261. The zero-order chi connectivity index (χ0) is 14.6. The van der Waals surface area contributed by atoms with Gasteiger partial charge in [0, 0.05) is 7.05 Å². The van der Waals surface area contributed by atoms with E-state index in [-0.39, 0.29) is 5.54 Å². The molecular formula is C14H19N5S. The highest BCUT2D eigenvalue weighted by Crippen LogP contribution is 2.24. The highest BCUT2D eigenvalue weighted by molar-refractivity contribution is 7.98. The smallest absolute Gasteiger partial charge is 0.229 e. The Morgan fingerprint density at radius 3 is 2.25 bits per heavy atom. The van der Waals surface area contributed by atoms with Crippen molar-refractivity contribution in [3.05, 3.63) is 35.9 Å². The number of nitrogens with zero attached hydrogens (tertiary/aromatic N) is 3. The molecule has 0 fully saturated rings. The molecule has 0 aliphatic rings. The van der Waals surface area contributed by atoms with E-state index in [1.165, 1.54) is 17.3 Å². The molecule has 0 aliphatic heterocycles. The maximum atomic E-state index is 4.40. The predicted octanol–water partition coefficient (Wildman–Crippen LogP) is 2.98. The fourth-order valence-corrected chi connectivity index (χ4v) is 2.18. The number of hydrogen-bond acceptors (Lipinski definition) is 6. The molecule has 106 valence electrons. The lowest BCUT2D eigenvalue weighted by Crippen LogP contribution is -2.29. The maximum absolute atomic E-state index is 4.40. The summed E-state index contributed by atoms with van der Waals surface area (Å²) < 4.78 is 0. The fraction of sp³-hybridized carbons (Fsp3) is 0.357. The summed E-state index contributed by atoms with van der Waals surface area (Å²) in [5, 5.41) is 7.01. The molecule has 0 amide bonds. The summed E-state index contributed by atoms with van der Waals surface area (Å²) in [6.07, 6.45) is 1.95. The van der Waals surface area contributed by atoms with Gasteiger partial charge in [0.25, 0.3) is 0 Å². The first-order valence-electron chi connectivity index (χ1n) is 6.36. The Kier molecular flexibility index (Phi) is 4.44. The normalized spacial score (nSPS) is 11.2. The van der Waals surface area contributed by atoms with Crippen molar-refractivity contribution in [1.82, 2.24) is 15.0 Å². The summed E-state index contributed by atoms with van der Waals surface area (Å²) in [5.74, 6) is 1.14. The molecule has 20 heavy (non-hydrogen) atoms. The van der Waals surface area contributed by atoms with E-state index in [4.69, 9.17) is 0 Å². The van der Waals surface area contributed by atoms with Crippen molar-refractivity contribution in [2.24, 2.45) is 0 Å². The maximum Gasteiger partial charge on any atom is 0.229 e. The van der Waals surface area contributed by atoms with Gasteiger partial charge in [0.1, 0.15) is 0 Å². The van der Waals surface area contributed by atoms with Crippen molar-refractivity contribution in [2.75, 3.05) is 23.9 Å². The molecule has 6 heteroatoms. The fourth-order valence-electron chi connectivity index (χ4n) is 1.82. The van der Waals surface area contributed by atoms with Crippen LogP contribution in [0.1, 0.15) is 19.4 Å². The van der Waals surface area contributed by atoms with E-state index in [1.807, 2.05) is 24.5 Å². The lowest BCUT2D eigenvalue weighted by molar-refractivity contribution is 0.599. The molecule has 0 unspecified atom stereocenters. The molecule has 0 spiro atoms. The average molecular weight is 289 g/mol. The summed E-state index contributed by atoms with van der Waals surface area (Å²) in [5.41, 5.74) is 0.917. The Labute approximate surface area is 123 Å². The molecule has 2 rings (SSSR count). The van der Waals surface area contributed by atoms with Crippen LogP contribution in [0.25, 0.3) is 0 Å². The molecule has 0 bridgehead atoms. The van der Waals surface area contributed by atoms with E-state index >= 15 is 0 Å². The zero-order valence-electron chi connectivity index (χ0n) is 12.1. The van der Waals surface area contributed by atoms with Crippen LogP contribution < -0.4 is 10.6 Å². The van der Waals surface area contributed by atoms with Crippen molar-refractivity contribution in [3.63, 3.8) is 0 Å². The minimum Gasteiger partial charge on any atom is -0.357 e. The summed E-state index contributed by atoms with van der Waals surface area (Å²) in [7, 11) is 1.80. The molecule has 0 radical (unpaired) electrons. The van der Waals surface area contributed by atoms with Crippen LogP contribution in [0.15, 0.2) is 35.5 Å². The van der Waals surface area contributed by atoms with Gasteiger partial charge in [-0.3, -0.25) is 0 Å². The number of anilines is 2. The number of benzene rings is 1. The Morgan fingerprint density at radius 2 is 1.65 bits per heavy atom. The molecule has 2 N–H and O–H groups in total. The second-order valence-electron chi connectivity index (χ2n) is 4.84. The molecule has 1 aromatic carbocycles. The summed E-state index contributed by atoms with van der Waals surface area (Å²) in [6, 6.07) is 10.2. The van der Waals surface area contributed by atoms with E-state index < -0.39 is 0 Å². The summed E-state index contributed by atoms with van der Waals surface area (Å²) in [6.45, 7) is 4.20. The molecule has 1 heterocycles. The third-order valence-electron chi connectivity index (χ3n) is 2.94. The second-order valence-corrected chi connectivity index (χ2v) is 5.61. The van der Waals surface area contributed by atoms with Crippen molar-refractivity contribution < 1.29 is 0 Å². The van der Waals surface area contributed by atoms with Gasteiger partial charge in [-0.1, -0.05) is 42.1 Å². The van der Waals surface area contributed by atoms with Crippen LogP contribution in [0.3, 0.4) is 0 Å². The number of hydrogen-bond donors (Lipinski definition) is 2. The zero-order valence-corrected chi connectivity index (χ0v) is 13.0. The third-order valence-corrected chi connectivity index (χ3v) is 3.49. The molecule has 0 atom stereocenters. The van der Waals surface area contributed by atoms with Gasteiger partial charge >= 0.3 is 0 Å². The topological polar surface area (TPSA) is 62.7 Å². The number of aromatic nitrogens is 3. The number of rotatable bonds is 5. The van der Waals surface area contributed by atoms with Crippen LogP contribution >= 0.6 is 11.8 Å². The van der Waals surface area contributed by atoms with E-state index in [0.29, 0.717) is 17.1 Å². The Balaban J connectivity index is 2.29. The van der Waals surface area contributed by atoms with E-state index in [2.05, 4.69) is 51.6 Å². The van der Waals surface area contributed by atoms with Crippen LogP contribution in [0.2, 0.25) is 0 Å². The van der Waals surface area contributed by atoms with Gasteiger partial charge in [-0.15, -0.1) is 0 Å². The van der Waals surface area contributed by atoms with Gasteiger partial charge in [-0.05, 0) is 25.7 Å². The highest BCUT2D eigenvalue weighted by Gasteiger charge is 2.21. The molecular weight excluding hydrogens is 270 g/mol. The summed E-state index contributed by atoms with van der Waals surface area (Å²) >= 11 is 1.49. The van der Waals surface area contributed by atoms with Crippen molar-refractivity contribution in [1.29, 1.82) is 0 Å². The van der Waals surface area contributed by atoms with Crippen molar-refractivity contribution in [2.45, 2.75) is 24.5 Å². The van der Waals surface area contributed by atoms with Crippen LogP contribution in [0, 0.1) is 0 Å². The molecule has 1 aromatic heterocycles. The SMILES string of the molecule is CNc1nc(NC(C)(C)c2ccccc2)nc(SC)n1. The Hall–Kier alpha value is -1.82. The lowest BCUT2D eigenvalue weighted by Gasteiger charge is -2.27. The number of thioether (sulfide) groups is 1. The van der Waals surface area contributed by atoms with Crippen LogP contribution in [-0.2, 0) is 5.54 Å². The largest absolute Gasteiger partial charge is 0.357 e. The quantitative estimate of drug-likeness (QED) is 0.825. The molecule has 0 saturated carbocycles. The molecule has 5 nitrogen and oxygen atoms in total. The molecule has 0 saturated heterocycles. The van der Waals surface area contributed by atoms with Gasteiger partial charge in [0.2, 0.25) is 11.9 Å². The van der Waals surface area contributed by atoms with Gasteiger partial charge in [-0.2, -0.15) is 15.0 Å². The van der Waals surface area contributed by atoms with Crippen molar-refractivity contribution >= 4 is 23.7 Å². The average Bonchev–Trinajstić information content (AvgIpc) is 2.47. The second kappa shape index (κ2) is 6.09. The minimum absolute atomic E-state index is 0.261. The standard InChI is InChI=1S/C14H19N5S/c1-14(2,10-8-6-5-7-9-10)19-12-16-11(15-3)17-13(18-12)20-4/h5-9H,1-4H3,(H2,15,16,17,18,19). The van der Waals surface area contributed by atoms with E-state index in [1.54, 1.807) is 7.05 Å². The Bertz CT molecular complexity index is 549. The van der Waals surface area contributed by atoms with Crippen molar-refractivity contribution in [3.8, 4) is 0 Å². The van der Waals surface area contributed by atoms with E-state index in [0.717, 1.165) is 0 Å². The van der Waals surface area contributed by atoms with Gasteiger partial charge in [0.15, 0.2) is 5.16 Å². The molecule has 0 aliphatic carbocycles. The first-order chi connectivity index (χ1) is 9.55. The van der Waals surface area contributed by atoms with E-state index in [9.17, 15) is 0 Å². The molecule has 2 aromatic rings. The first-order valence-corrected chi connectivity index (χ1v) is 7.59. The predicted molar refractivity (Wildman–Crippen MR) is 84.2 cm³/mol. The van der Waals surface area contributed by atoms with Gasteiger partial charge < -0.3 is 10.6 Å². The van der Waals surface area contributed by atoms with Gasteiger partial charge in [-0.25, -0.2) is 0 Å². The van der Waals surface area contributed by atoms with Gasteiger partial charge in [0.05, 0.1) is 5.54 Å². The first kappa shape index (κ1) is 14.6. The lowest BCUT2D eigenvalue weighted by atomic mass is 9.95. The van der Waals surface area contributed by atoms with Crippen LogP contribution in [0.4, 0.5) is 11.9 Å². The van der Waals surface area contributed by atoms with Crippen LogP contribution in [-0.4, -0.2) is 28.3 Å². The number of nitrogens with one attached hydrogen (secondary N) is 2. The van der Waals surface area contributed by atoms with Crippen LogP contribution in [0.5, 0.6) is 0 Å². The highest BCUT2D eigenvalue weighted by atomic mass is 32.2. The monoisotopic (exact) mass is 289 g/mol. The summed E-state index contributed by atoms with van der Waals surface area (Å²) in [4.78, 5) is 13.0. The Morgan fingerprint density at radius 1 is 1.00 bits per heavy atom. The third kappa shape index (κ3) is 3.39.